The van der Waals surface area contributed by atoms with E-state index in [1.807, 2.05) is 71.9 Å². The lowest BCUT2D eigenvalue weighted by atomic mass is 9.71. The van der Waals surface area contributed by atoms with Crippen molar-refractivity contribution in [2.75, 3.05) is 27.4 Å². The van der Waals surface area contributed by atoms with Gasteiger partial charge in [0.2, 0.25) is 5.76 Å². The van der Waals surface area contributed by atoms with Gasteiger partial charge in [0.15, 0.2) is 5.79 Å². The molecule has 9 nitrogen and oxygen atoms in total. The molecular weight excluding hydrogens is 600 g/mol. The minimum atomic E-state index is -1.18. The molecule has 3 saturated heterocycles. The second-order valence-corrected chi connectivity index (χ2v) is 14.8. The van der Waals surface area contributed by atoms with Crippen LogP contribution in [0.4, 0.5) is 0 Å². The molecule has 2 N–H and O–H groups in total. The van der Waals surface area contributed by atoms with Crippen LogP contribution in [0.3, 0.4) is 0 Å². The van der Waals surface area contributed by atoms with Crippen LogP contribution in [0.15, 0.2) is 58.9 Å². The molecule has 0 radical (unpaired) electrons. The second kappa shape index (κ2) is 15.1. The van der Waals surface area contributed by atoms with E-state index in [0.29, 0.717) is 0 Å². The Morgan fingerprint density at radius 1 is 1.11 bits per heavy atom. The maximum absolute atomic E-state index is 13.7. The van der Waals surface area contributed by atoms with Crippen molar-refractivity contribution in [3.63, 3.8) is 0 Å². The number of carbonyl (C=O) groups excluding carboxylic acids is 1. The summed E-state index contributed by atoms with van der Waals surface area (Å²) in [6.07, 6.45) is 9.86. The van der Waals surface area contributed by atoms with E-state index in [4.69, 9.17) is 28.4 Å². The highest BCUT2D eigenvalue weighted by molar-refractivity contribution is 5.87. The van der Waals surface area contributed by atoms with Crippen LogP contribution in [0, 0.1) is 35.5 Å². The Bertz CT molecular complexity index is 1280. The van der Waals surface area contributed by atoms with E-state index in [1.165, 1.54) is 7.11 Å². The van der Waals surface area contributed by atoms with Crippen LogP contribution in [0.25, 0.3) is 0 Å². The van der Waals surface area contributed by atoms with Gasteiger partial charge in [-0.05, 0) is 50.7 Å². The van der Waals surface area contributed by atoms with Gasteiger partial charge in [-0.25, -0.2) is 4.79 Å². The largest absolute Gasteiger partial charge is 0.490 e. The van der Waals surface area contributed by atoms with Crippen molar-refractivity contribution >= 4 is 5.97 Å². The zero-order valence-electron chi connectivity index (χ0n) is 30.2. The Hall–Kier alpha value is -2.27. The zero-order valence-corrected chi connectivity index (χ0v) is 30.2. The molecule has 0 aromatic carbocycles. The third-order valence-corrected chi connectivity index (χ3v) is 10.6. The summed E-state index contributed by atoms with van der Waals surface area (Å²) in [5.41, 5.74) is 1.54. The van der Waals surface area contributed by atoms with Crippen LogP contribution < -0.4 is 0 Å². The number of allylic oxidation sites excluding steroid dienone is 5. The van der Waals surface area contributed by atoms with Crippen molar-refractivity contribution in [2.24, 2.45) is 35.5 Å². The van der Waals surface area contributed by atoms with E-state index in [9.17, 15) is 15.0 Å². The highest BCUT2D eigenvalue weighted by Gasteiger charge is 2.71. The van der Waals surface area contributed by atoms with Gasteiger partial charge in [0.1, 0.15) is 17.8 Å². The van der Waals surface area contributed by atoms with Gasteiger partial charge in [-0.2, -0.15) is 0 Å². The molecule has 0 aromatic rings. The van der Waals surface area contributed by atoms with Crippen LogP contribution >= 0.6 is 0 Å². The van der Waals surface area contributed by atoms with Crippen molar-refractivity contribution in [3.8, 4) is 0 Å². The van der Waals surface area contributed by atoms with Gasteiger partial charge in [0.05, 0.1) is 44.6 Å². The first-order valence-corrected chi connectivity index (χ1v) is 17.1. The molecule has 47 heavy (non-hydrogen) atoms. The first-order valence-electron chi connectivity index (χ1n) is 17.1. The summed E-state index contributed by atoms with van der Waals surface area (Å²) in [6.45, 7) is 18.5. The first kappa shape index (κ1) is 37.5. The molecule has 9 heteroatoms. The molecule has 4 rings (SSSR count). The predicted molar refractivity (Wildman–Crippen MR) is 180 cm³/mol. The van der Waals surface area contributed by atoms with Crippen molar-refractivity contribution in [3.05, 3.63) is 58.9 Å². The first-order chi connectivity index (χ1) is 22.1. The Morgan fingerprint density at radius 3 is 2.45 bits per heavy atom. The second-order valence-electron chi connectivity index (χ2n) is 14.8. The summed E-state index contributed by atoms with van der Waals surface area (Å²) in [4.78, 5) is 13.7. The summed E-state index contributed by atoms with van der Waals surface area (Å²) in [5.74, 6) is -2.34. The van der Waals surface area contributed by atoms with Crippen molar-refractivity contribution in [2.45, 2.75) is 111 Å². The summed E-state index contributed by atoms with van der Waals surface area (Å²) in [5, 5.41) is 22.6. The van der Waals surface area contributed by atoms with Crippen LogP contribution in [0.2, 0.25) is 0 Å². The van der Waals surface area contributed by atoms with Crippen LogP contribution in [0.1, 0.15) is 68.7 Å². The lowest BCUT2D eigenvalue weighted by molar-refractivity contribution is -0.294. The zero-order chi connectivity index (χ0) is 34.8. The van der Waals surface area contributed by atoms with Crippen LogP contribution in [-0.2, 0) is 33.2 Å². The maximum Gasteiger partial charge on any atom is 0.373 e. The molecule has 0 aromatic heterocycles. The molecule has 0 unspecified atom stereocenters. The van der Waals surface area contributed by atoms with Crippen molar-refractivity contribution in [1.82, 2.24) is 0 Å². The van der Waals surface area contributed by atoms with E-state index in [2.05, 4.69) is 20.8 Å². The third kappa shape index (κ3) is 7.66. The van der Waals surface area contributed by atoms with Gasteiger partial charge < -0.3 is 38.6 Å². The number of hydrogen-bond donors (Lipinski definition) is 2. The number of aliphatic hydroxyl groups excluding tert-OH is 1. The molecule has 4 aliphatic rings. The van der Waals surface area contributed by atoms with Crippen LogP contribution in [-0.4, -0.2) is 85.5 Å². The Balaban J connectivity index is 1.74. The lowest BCUT2D eigenvalue weighted by Gasteiger charge is -2.50. The number of aliphatic hydroxyl groups is 2. The Morgan fingerprint density at radius 2 is 1.81 bits per heavy atom. The van der Waals surface area contributed by atoms with Gasteiger partial charge in [-0.1, -0.05) is 83.1 Å². The average molecular weight is 659 g/mol. The Kier molecular flexibility index (Phi) is 12.1. The van der Waals surface area contributed by atoms with E-state index >= 15 is 0 Å². The van der Waals surface area contributed by atoms with Gasteiger partial charge >= 0.3 is 5.97 Å². The summed E-state index contributed by atoms with van der Waals surface area (Å²) in [6, 6.07) is 0. The molecule has 12 atom stereocenters. The molecular formula is C38H58O9. The van der Waals surface area contributed by atoms with E-state index in [0.717, 1.165) is 23.1 Å². The predicted octanol–water partition coefficient (Wildman–Crippen LogP) is 5.68. The molecule has 3 fully saturated rings. The van der Waals surface area contributed by atoms with Crippen LogP contribution in [0.5, 0.6) is 0 Å². The fourth-order valence-electron chi connectivity index (χ4n) is 8.11. The molecule has 0 spiro atoms. The summed E-state index contributed by atoms with van der Waals surface area (Å²) in [7, 11) is 3.03. The number of carbonyl (C=O) groups is 1. The van der Waals surface area contributed by atoms with Gasteiger partial charge in [-0.3, -0.25) is 0 Å². The number of cyclic esters (lactones) is 1. The molecule has 264 valence electrons. The number of rotatable bonds is 6. The molecule has 0 amide bonds. The normalized spacial score (nSPS) is 45.1. The SMILES string of the molecule is CO/C1=C\C(C)=C\[C@@H](C)[C@@H](O)[C@@H](C)C/C(C)=C/C=C/[C@H](OC)[C@@H]([C@@H](C)/C=C(\C)[C@@]23OC[C@@]4(O)CO[C@@H]([C@H](C)[C@H](C(C)C)O2)[C@H]43)OC1=O. The fraction of sp³-hybridized carbons (Fsp3) is 0.711. The highest BCUT2D eigenvalue weighted by atomic mass is 16.7. The molecule has 0 aliphatic carbocycles. The van der Waals surface area contributed by atoms with Crippen molar-refractivity contribution < 1.29 is 43.4 Å². The topological polar surface area (TPSA) is 113 Å². The quantitative estimate of drug-likeness (QED) is 0.275. The molecule has 0 saturated carbocycles. The fourth-order valence-corrected chi connectivity index (χ4v) is 8.11. The third-order valence-electron chi connectivity index (χ3n) is 10.6. The number of hydrogen-bond acceptors (Lipinski definition) is 9. The van der Waals surface area contributed by atoms with E-state index in [1.54, 1.807) is 13.2 Å². The number of esters is 1. The van der Waals surface area contributed by atoms with Gasteiger partial charge in [0.25, 0.3) is 0 Å². The minimum Gasteiger partial charge on any atom is -0.490 e. The average Bonchev–Trinajstić information content (AvgIpc) is 3.53. The summed E-state index contributed by atoms with van der Waals surface area (Å²) >= 11 is 0. The standard InChI is InChI=1S/C38H58O9/c1-21(2)32-28(9)34-35-37(41,19-44-34)20-45-38(35,47-32)27(8)18-26(7)33-29(42-10)14-12-13-22(3)15-24(5)31(39)25(6)16-23(4)17-30(43-11)36(40)46-33/h12-14,16-18,21,24-26,28-29,31-35,39,41H,15,19-20H2,1-11H3/b14-12+,22-13+,23-16+,27-18+,30-17-/t24-,25+,26-,28+,29-,31-,32-,33+,34-,35+,37-,38+/m0/s1. The molecule has 4 heterocycles. The molecule has 4 aliphatic heterocycles. The van der Waals surface area contributed by atoms with Gasteiger partial charge in [0, 0.05) is 24.9 Å². The monoisotopic (exact) mass is 658 g/mol. The Labute approximate surface area is 281 Å². The van der Waals surface area contributed by atoms with Crippen molar-refractivity contribution in [1.29, 1.82) is 0 Å². The summed E-state index contributed by atoms with van der Waals surface area (Å²) < 4.78 is 37.2. The lowest BCUT2D eigenvalue weighted by Crippen LogP contribution is -2.60. The van der Waals surface area contributed by atoms with E-state index in [-0.39, 0.29) is 60.8 Å². The molecule has 0 bridgehead atoms. The number of methoxy groups -OCH3 is 2. The van der Waals surface area contributed by atoms with E-state index < -0.39 is 41.6 Å². The maximum atomic E-state index is 13.7. The highest BCUT2D eigenvalue weighted by Crippen LogP contribution is 2.57. The number of ether oxygens (including phenoxy) is 6. The van der Waals surface area contributed by atoms with Gasteiger partial charge in [-0.15, -0.1) is 0 Å². The minimum absolute atomic E-state index is 0.0292. The smallest absolute Gasteiger partial charge is 0.373 e.